The Labute approximate surface area is 98.1 Å². The summed E-state index contributed by atoms with van der Waals surface area (Å²) in [5.74, 6) is 0. The largest absolute Gasteiger partial charge is 0.361 e. The Morgan fingerprint density at radius 1 is 1.31 bits per heavy atom. The van der Waals surface area contributed by atoms with Crippen LogP contribution in [-0.4, -0.2) is 12.3 Å². The molecule has 0 bridgehead atoms. The van der Waals surface area contributed by atoms with Crippen LogP contribution in [0.1, 0.15) is 26.3 Å². The SMILES string of the molecule is CC/N=C(C)\C=C\Nc1ccccc1CC. The summed E-state index contributed by atoms with van der Waals surface area (Å²) in [5.41, 5.74) is 3.55. The maximum atomic E-state index is 4.29. The molecule has 1 N–H and O–H groups in total. The second-order valence-corrected chi connectivity index (χ2v) is 3.60. The molecule has 2 nitrogen and oxygen atoms in total. The van der Waals surface area contributed by atoms with E-state index in [1.807, 2.05) is 32.2 Å². The molecule has 0 aliphatic heterocycles. The zero-order valence-corrected chi connectivity index (χ0v) is 10.3. The van der Waals surface area contributed by atoms with Gasteiger partial charge in [0.05, 0.1) is 0 Å². The number of hydrogen-bond acceptors (Lipinski definition) is 2. The van der Waals surface area contributed by atoms with E-state index in [0.717, 1.165) is 18.7 Å². The molecule has 0 amide bonds. The van der Waals surface area contributed by atoms with Crippen molar-refractivity contribution in [1.29, 1.82) is 0 Å². The van der Waals surface area contributed by atoms with Crippen molar-refractivity contribution in [3.05, 3.63) is 42.1 Å². The monoisotopic (exact) mass is 216 g/mol. The van der Waals surface area contributed by atoms with Crippen molar-refractivity contribution in [2.24, 2.45) is 4.99 Å². The molecule has 1 aromatic carbocycles. The van der Waals surface area contributed by atoms with Gasteiger partial charge >= 0.3 is 0 Å². The van der Waals surface area contributed by atoms with Gasteiger partial charge in [-0.2, -0.15) is 0 Å². The van der Waals surface area contributed by atoms with Crippen molar-refractivity contribution in [1.82, 2.24) is 0 Å². The van der Waals surface area contributed by atoms with Crippen molar-refractivity contribution in [2.45, 2.75) is 27.2 Å². The Bertz CT molecular complexity index is 378. The van der Waals surface area contributed by atoms with Crippen LogP contribution in [0.3, 0.4) is 0 Å². The van der Waals surface area contributed by atoms with Gasteiger partial charge in [-0.05, 0) is 38.0 Å². The van der Waals surface area contributed by atoms with Crippen LogP contribution < -0.4 is 5.32 Å². The summed E-state index contributed by atoms with van der Waals surface area (Å²) in [5, 5.41) is 3.29. The summed E-state index contributed by atoms with van der Waals surface area (Å²) >= 11 is 0. The molecular weight excluding hydrogens is 196 g/mol. The molecule has 2 heteroatoms. The van der Waals surface area contributed by atoms with E-state index in [2.05, 4.69) is 35.4 Å². The summed E-state index contributed by atoms with van der Waals surface area (Å²) in [7, 11) is 0. The second-order valence-electron chi connectivity index (χ2n) is 3.60. The molecule has 0 radical (unpaired) electrons. The van der Waals surface area contributed by atoms with E-state index in [9.17, 15) is 0 Å². The maximum Gasteiger partial charge on any atom is 0.0412 e. The predicted molar refractivity (Wildman–Crippen MR) is 72.2 cm³/mol. The van der Waals surface area contributed by atoms with Crippen LogP contribution >= 0.6 is 0 Å². The molecule has 0 atom stereocenters. The average Bonchev–Trinajstić information content (AvgIpc) is 2.30. The highest BCUT2D eigenvalue weighted by Gasteiger charge is 1.95. The number of aliphatic imine (C=N–C) groups is 1. The number of para-hydroxylation sites is 1. The summed E-state index contributed by atoms with van der Waals surface area (Å²) in [6.07, 6.45) is 4.98. The summed E-state index contributed by atoms with van der Waals surface area (Å²) in [6.45, 7) is 7.04. The molecule has 0 aliphatic rings. The fraction of sp³-hybridized carbons (Fsp3) is 0.357. The Morgan fingerprint density at radius 2 is 2.06 bits per heavy atom. The lowest BCUT2D eigenvalue weighted by Gasteiger charge is -2.06. The van der Waals surface area contributed by atoms with Crippen LogP contribution in [0.4, 0.5) is 5.69 Å². The lowest BCUT2D eigenvalue weighted by molar-refractivity contribution is 1.13. The zero-order valence-electron chi connectivity index (χ0n) is 10.3. The number of allylic oxidation sites excluding steroid dienone is 1. The topological polar surface area (TPSA) is 24.4 Å². The number of nitrogens with one attached hydrogen (secondary N) is 1. The minimum absolute atomic E-state index is 0.835. The smallest absolute Gasteiger partial charge is 0.0412 e. The van der Waals surface area contributed by atoms with Crippen LogP contribution in [0, 0.1) is 0 Å². The van der Waals surface area contributed by atoms with Crippen molar-refractivity contribution in [3.8, 4) is 0 Å². The summed E-state index contributed by atoms with van der Waals surface area (Å²) in [6, 6.07) is 8.35. The van der Waals surface area contributed by atoms with Crippen LogP contribution in [0.15, 0.2) is 41.5 Å². The van der Waals surface area contributed by atoms with Gasteiger partial charge in [0.1, 0.15) is 0 Å². The molecular formula is C14H20N2. The van der Waals surface area contributed by atoms with Gasteiger partial charge in [0.15, 0.2) is 0 Å². The molecule has 86 valence electrons. The first-order valence-electron chi connectivity index (χ1n) is 5.80. The van der Waals surface area contributed by atoms with Gasteiger partial charge in [-0.1, -0.05) is 25.1 Å². The molecule has 0 spiro atoms. The normalized spacial score (nSPS) is 12.1. The number of nitrogens with zero attached hydrogens (tertiary/aromatic N) is 1. The number of hydrogen-bond donors (Lipinski definition) is 1. The Morgan fingerprint density at radius 3 is 2.75 bits per heavy atom. The third kappa shape index (κ3) is 3.89. The number of benzene rings is 1. The predicted octanol–water partition coefficient (Wildman–Crippen LogP) is 3.66. The van der Waals surface area contributed by atoms with Crippen molar-refractivity contribution in [3.63, 3.8) is 0 Å². The third-order valence-corrected chi connectivity index (χ3v) is 2.37. The number of rotatable bonds is 5. The quantitative estimate of drug-likeness (QED) is 0.746. The summed E-state index contributed by atoms with van der Waals surface area (Å²) < 4.78 is 0. The van der Waals surface area contributed by atoms with E-state index in [-0.39, 0.29) is 0 Å². The minimum atomic E-state index is 0.835. The van der Waals surface area contributed by atoms with Crippen molar-refractivity contribution >= 4 is 11.4 Å². The fourth-order valence-electron chi connectivity index (χ4n) is 1.52. The van der Waals surface area contributed by atoms with E-state index in [0.29, 0.717) is 0 Å². The Kier molecular flexibility index (Phi) is 5.34. The van der Waals surface area contributed by atoms with Crippen molar-refractivity contribution < 1.29 is 0 Å². The lowest BCUT2D eigenvalue weighted by atomic mass is 10.1. The standard InChI is InChI=1S/C14H20N2/c1-4-13-8-6-7-9-14(13)16-11-10-12(3)15-5-2/h6-11,16H,4-5H2,1-3H3/b11-10+,15-12-. The van der Waals surface area contributed by atoms with E-state index in [4.69, 9.17) is 0 Å². The zero-order chi connectivity index (χ0) is 11.8. The van der Waals surface area contributed by atoms with Gasteiger partial charge in [0, 0.05) is 24.1 Å². The van der Waals surface area contributed by atoms with E-state index >= 15 is 0 Å². The molecule has 0 saturated heterocycles. The number of anilines is 1. The van der Waals surface area contributed by atoms with Gasteiger partial charge in [-0.3, -0.25) is 4.99 Å². The highest BCUT2D eigenvalue weighted by molar-refractivity contribution is 5.93. The fourth-order valence-corrected chi connectivity index (χ4v) is 1.52. The molecule has 1 aromatic rings. The molecule has 0 unspecified atom stereocenters. The van der Waals surface area contributed by atoms with Gasteiger partial charge in [-0.15, -0.1) is 0 Å². The van der Waals surface area contributed by atoms with Crippen LogP contribution in [0.2, 0.25) is 0 Å². The second kappa shape index (κ2) is 6.83. The molecule has 0 heterocycles. The molecule has 0 fully saturated rings. The van der Waals surface area contributed by atoms with E-state index < -0.39 is 0 Å². The first-order valence-corrected chi connectivity index (χ1v) is 5.80. The lowest BCUT2D eigenvalue weighted by Crippen LogP contribution is -1.95. The highest BCUT2D eigenvalue weighted by atomic mass is 14.8. The number of aryl methyl sites for hydroxylation is 1. The average molecular weight is 216 g/mol. The molecule has 1 rings (SSSR count). The van der Waals surface area contributed by atoms with Gasteiger partial charge < -0.3 is 5.32 Å². The van der Waals surface area contributed by atoms with Crippen LogP contribution in [0.5, 0.6) is 0 Å². The van der Waals surface area contributed by atoms with E-state index in [1.54, 1.807) is 0 Å². The van der Waals surface area contributed by atoms with Crippen molar-refractivity contribution in [2.75, 3.05) is 11.9 Å². The molecule has 0 saturated carbocycles. The van der Waals surface area contributed by atoms with Crippen LogP contribution in [0.25, 0.3) is 0 Å². The highest BCUT2D eigenvalue weighted by Crippen LogP contribution is 2.14. The minimum Gasteiger partial charge on any atom is -0.361 e. The van der Waals surface area contributed by atoms with Gasteiger partial charge in [-0.25, -0.2) is 0 Å². The Balaban J connectivity index is 2.64. The van der Waals surface area contributed by atoms with Gasteiger partial charge in [0.2, 0.25) is 0 Å². The van der Waals surface area contributed by atoms with Gasteiger partial charge in [0.25, 0.3) is 0 Å². The maximum absolute atomic E-state index is 4.29. The van der Waals surface area contributed by atoms with E-state index in [1.165, 1.54) is 11.3 Å². The molecule has 0 aliphatic carbocycles. The van der Waals surface area contributed by atoms with Crippen LogP contribution in [-0.2, 0) is 6.42 Å². The Hall–Kier alpha value is -1.57. The summed E-state index contributed by atoms with van der Waals surface area (Å²) in [4.78, 5) is 4.29. The third-order valence-electron chi connectivity index (χ3n) is 2.37. The molecule has 0 aromatic heterocycles. The first-order chi connectivity index (χ1) is 7.77. The first kappa shape index (κ1) is 12.5. The molecule has 16 heavy (non-hydrogen) atoms.